The highest BCUT2D eigenvalue weighted by atomic mass is 16.6. The van der Waals surface area contributed by atoms with E-state index < -0.39 is 76.3 Å². The summed E-state index contributed by atoms with van der Waals surface area (Å²) in [4.78, 5) is 41.2. The van der Waals surface area contributed by atoms with Crippen LogP contribution in [0.25, 0.3) is 5.53 Å². The van der Waals surface area contributed by atoms with Crippen LogP contribution in [-0.4, -0.2) is 73.6 Å². The van der Waals surface area contributed by atoms with Crippen molar-refractivity contribution >= 4 is 23.9 Å². The largest absolute Gasteiger partial charge is 0.458 e. The molecule has 0 aromatic rings. The number of Topliss-reactive ketones (excluding diaryl/α,β-unsaturated/α-hetero) is 1. The fraction of sp³-hybridized carbons (Fsp3) is 0.692. The highest BCUT2D eigenvalue weighted by Gasteiger charge is 2.88. The first-order valence-corrected chi connectivity index (χ1v) is 12.4. The molecule has 0 spiro atoms. The summed E-state index contributed by atoms with van der Waals surface area (Å²) in [6.07, 6.45) is 3.20. The van der Waals surface area contributed by atoms with E-state index in [1.165, 1.54) is 0 Å². The van der Waals surface area contributed by atoms with Crippen molar-refractivity contribution in [3.05, 3.63) is 28.8 Å². The smallest absolute Gasteiger partial charge is 0.414 e. The molecule has 0 radical (unpaired) electrons. The van der Waals surface area contributed by atoms with Crippen molar-refractivity contribution in [3.63, 3.8) is 0 Å². The lowest BCUT2D eigenvalue weighted by molar-refractivity contribution is -0.227. The van der Waals surface area contributed by atoms with Gasteiger partial charge in [0.25, 0.3) is 0 Å². The molecule has 4 aliphatic rings. The Kier molecular flexibility index (Phi) is 6.20. The number of hydrogen-bond donors (Lipinski definition) is 3. The van der Waals surface area contributed by atoms with Crippen molar-refractivity contribution in [3.8, 4) is 0 Å². The summed E-state index contributed by atoms with van der Waals surface area (Å²) in [5, 5.41) is 34.3. The third-order valence-electron chi connectivity index (χ3n) is 9.10. The van der Waals surface area contributed by atoms with Gasteiger partial charge >= 0.3 is 18.2 Å². The van der Waals surface area contributed by atoms with Crippen molar-refractivity contribution in [2.75, 3.05) is 6.61 Å². The SMILES string of the molecule is CCCC(=O)O[C@@H]1[C@@H](C)[C@@]2(O)[C@@H](C=C(CO)C[C@]3(O)C(=O)C(C)=C[C@@H]23)[C@@H]2C(C)(C)[C@]12OC(=O)C=[N+]=[N-]. The lowest BCUT2D eigenvalue weighted by Gasteiger charge is -2.53. The van der Waals surface area contributed by atoms with E-state index in [4.69, 9.17) is 15.0 Å². The molecule has 0 amide bonds. The second-order valence-electron chi connectivity index (χ2n) is 11.3. The summed E-state index contributed by atoms with van der Waals surface area (Å²) < 4.78 is 11.8. The summed E-state index contributed by atoms with van der Waals surface area (Å²) in [6.45, 7) is 8.25. The van der Waals surface area contributed by atoms with Crippen molar-refractivity contribution < 1.29 is 44.0 Å². The average Bonchev–Trinajstić information content (AvgIpc) is 3.23. The minimum absolute atomic E-state index is 0.109. The van der Waals surface area contributed by atoms with Gasteiger partial charge in [-0.2, -0.15) is 4.79 Å². The van der Waals surface area contributed by atoms with Gasteiger partial charge in [-0.3, -0.25) is 9.59 Å². The van der Waals surface area contributed by atoms with E-state index in [0.29, 0.717) is 23.8 Å². The molecule has 0 aromatic heterocycles. The minimum Gasteiger partial charge on any atom is -0.458 e. The molecule has 4 aliphatic carbocycles. The van der Waals surface area contributed by atoms with Crippen molar-refractivity contribution in [2.45, 2.75) is 76.8 Å². The number of esters is 2. The Bertz CT molecular complexity index is 1120. The maximum atomic E-state index is 13.1. The highest BCUT2D eigenvalue weighted by molar-refractivity contribution is 6.20. The number of hydrogen-bond acceptors (Lipinski definition) is 8. The average molecular weight is 503 g/mol. The van der Waals surface area contributed by atoms with Gasteiger partial charge in [-0.25, -0.2) is 4.79 Å². The standard InChI is InChI=1S/C26H34N2O8/c1-6-7-18(30)35-22-14(3)25(34)16(20-23(4,5)26(20,22)36-19(31)11-28-27)9-15(12-29)10-24(33)17(25)8-13(2)21(24)32/h8-9,11,14,16-17,20,22,29,33-34H,6-7,10,12H2,1-5H3/t14-,16+,17-,20-,22-,24-,25-,26-/m1/s1. The first kappa shape index (κ1) is 26.4. The third kappa shape index (κ3) is 3.24. The van der Waals surface area contributed by atoms with Gasteiger partial charge in [0.1, 0.15) is 11.7 Å². The number of carbonyl (C=O) groups excluding carboxylic acids is 3. The number of ether oxygens (including phenoxy) is 2. The molecule has 0 aromatic carbocycles. The van der Waals surface area contributed by atoms with Crippen LogP contribution in [0.1, 0.15) is 53.9 Å². The van der Waals surface area contributed by atoms with E-state index >= 15 is 0 Å². The maximum absolute atomic E-state index is 13.1. The van der Waals surface area contributed by atoms with Gasteiger partial charge in [0.2, 0.25) is 0 Å². The summed E-state index contributed by atoms with van der Waals surface area (Å²) in [6, 6.07) is 0. The molecule has 0 bridgehead atoms. The van der Waals surface area contributed by atoms with Crippen LogP contribution in [0.3, 0.4) is 0 Å². The fourth-order valence-corrected chi connectivity index (χ4v) is 7.47. The molecule has 0 aliphatic heterocycles. The van der Waals surface area contributed by atoms with Crippen LogP contribution in [0.15, 0.2) is 23.3 Å². The van der Waals surface area contributed by atoms with E-state index in [1.807, 2.05) is 20.8 Å². The molecule has 8 atom stereocenters. The zero-order valence-corrected chi connectivity index (χ0v) is 21.2. The number of nitrogens with zero attached hydrogens (tertiary/aromatic N) is 2. The van der Waals surface area contributed by atoms with Crippen LogP contribution >= 0.6 is 0 Å². The summed E-state index contributed by atoms with van der Waals surface area (Å²) in [7, 11) is 0. The highest BCUT2D eigenvalue weighted by Crippen LogP contribution is 2.77. The number of carbonyl (C=O) groups is 3. The lowest BCUT2D eigenvalue weighted by atomic mass is 9.59. The molecule has 4 rings (SSSR count). The minimum atomic E-state index is -1.98. The molecule has 2 saturated carbocycles. The first-order valence-electron chi connectivity index (χ1n) is 12.4. The Morgan fingerprint density at radius 2 is 1.94 bits per heavy atom. The molecule has 2 fully saturated rings. The molecule has 10 nitrogen and oxygen atoms in total. The topological polar surface area (TPSA) is 167 Å². The molecule has 0 saturated heterocycles. The molecule has 0 heterocycles. The van der Waals surface area contributed by atoms with Gasteiger partial charge in [-0.15, -0.1) is 0 Å². The molecule has 3 N–H and O–H groups in total. The van der Waals surface area contributed by atoms with Crippen LogP contribution < -0.4 is 0 Å². The van der Waals surface area contributed by atoms with E-state index in [9.17, 15) is 29.7 Å². The van der Waals surface area contributed by atoms with Crippen LogP contribution in [0.2, 0.25) is 0 Å². The summed E-state index contributed by atoms with van der Waals surface area (Å²) in [5.74, 6) is -5.31. The normalized spacial score (nSPS) is 41.9. The van der Waals surface area contributed by atoms with Crippen LogP contribution in [0.4, 0.5) is 0 Å². The van der Waals surface area contributed by atoms with Gasteiger partial charge in [-0.05, 0) is 24.5 Å². The quantitative estimate of drug-likeness (QED) is 0.160. The maximum Gasteiger partial charge on any atom is 0.414 e. The molecular weight excluding hydrogens is 468 g/mol. The molecular formula is C26H34N2O8. The zero-order valence-electron chi connectivity index (χ0n) is 21.2. The number of ketones is 1. The van der Waals surface area contributed by atoms with E-state index in [0.717, 1.165) is 0 Å². The van der Waals surface area contributed by atoms with Crippen LogP contribution in [0.5, 0.6) is 0 Å². The first-order chi connectivity index (χ1) is 16.8. The number of rotatable bonds is 6. The molecule has 196 valence electrons. The monoisotopic (exact) mass is 502 g/mol. The van der Waals surface area contributed by atoms with Crippen molar-refractivity contribution in [2.24, 2.45) is 29.1 Å². The van der Waals surface area contributed by atoms with Gasteiger partial charge in [-0.1, -0.05) is 39.8 Å². The van der Waals surface area contributed by atoms with Gasteiger partial charge in [0.05, 0.1) is 12.2 Å². The zero-order chi connectivity index (χ0) is 26.8. The third-order valence-corrected chi connectivity index (χ3v) is 9.10. The van der Waals surface area contributed by atoms with Crippen molar-refractivity contribution in [1.29, 1.82) is 0 Å². The predicted octanol–water partition coefficient (Wildman–Crippen LogP) is 1.13. The molecule has 10 heteroatoms. The fourth-order valence-electron chi connectivity index (χ4n) is 7.47. The Labute approximate surface area is 209 Å². The van der Waals surface area contributed by atoms with E-state index in [2.05, 4.69) is 4.79 Å². The number of aliphatic hydroxyl groups is 3. The van der Waals surface area contributed by atoms with Gasteiger partial charge < -0.3 is 30.3 Å². The van der Waals surface area contributed by atoms with Crippen LogP contribution in [-0.2, 0) is 23.9 Å². The summed E-state index contributed by atoms with van der Waals surface area (Å²) >= 11 is 0. The van der Waals surface area contributed by atoms with Gasteiger partial charge in [0.15, 0.2) is 11.4 Å². The lowest BCUT2D eigenvalue weighted by Crippen LogP contribution is -2.66. The Balaban J connectivity index is 1.94. The number of fused-ring (bicyclic) bond motifs is 5. The summed E-state index contributed by atoms with van der Waals surface area (Å²) in [5.41, 5.74) is 3.60. The van der Waals surface area contributed by atoms with Crippen LogP contribution in [0, 0.1) is 29.1 Å². The van der Waals surface area contributed by atoms with E-state index in [-0.39, 0.29) is 12.8 Å². The number of aliphatic hydroxyl groups excluding tert-OH is 1. The van der Waals surface area contributed by atoms with Gasteiger partial charge in [0, 0.05) is 41.9 Å². The second-order valence-corrected chi connectivity index (χ2v) is 11.3. The Morgan fingerprint density at radius 1 is 1.28 bits per heavy atom. The molecule has 36 heavy (non-hydrogen) atoms. The van der Waals surface area contributed by atoms with E-state index in [1.54, 1.807) is 26.0 Å². The predicted molar refractivity (Wildman–Crippen MR) is 125 cm³/mol. The molecule has 0 unspecified atom stereocenters. The Morgan fingerprint density at radius 3 is 2.53 bits per heavy atom. The van der Waals surface area contributed by atoms with Crippen molar-refractivity contribution in [1.82, 2.24) is 0 Å². The second kappa shape index (κ2) is 8.45. The Hall–Kier alpha value is -2.65.